The third-order valence-corrected chi connectivity index (χ3v) is 3.86. The van der Waals surface area contributed by atoms with Crippen LogP contribution in [0.25, 0.3) is 0 Å². The molecule has 0 amide bonds. The molecule has 1 aliphatic heterocycles. The van der Waals surface area contributed by atoms with E-state index in [0.717, 1.165) is 24.8 Å². The average Bonchev–Trinajstić information content (AvgIpc) is 2.65. The van der Waals surface area contributed by atoms with Crippen molar-refractivity contribution < 1.29 is 9.90 Å². The van der Waals surface area contributed by atoms with Gasteiger partial charge in [-0.2, -0.15) is 0 Å². The van der Waals surface area contributed by atoms with Crippen LogP contribution >= 0.6 is 0 Å². The van der Waals surface area contributed by atoms with Crippen LogP contribution in [0.5, 0.6) is 0 Å². The van der Waals surface area contributed by atoms with E-state index in [4.69, 9.17) is 5.11 Å². The van der Waals surface area contributed by atoms with Crippen LogP contribution in [0.15, 0.2) is 18.3 Å². The zero-order valence-electron chi connectivity index (χ0n) is 11.5. The van der Waals surface area contributed by atoms with Crippen molar-refractivity contribution in [1.82, 2.24) is 4.98 Å². The van der Waals surface area contributed by atoms with Crippen LogP contribution in [-0.2, 0) is 0 Å². The molecule has 2 heterocycles. The topological polar surface area (TPSA) is 53.4 Å². The van der Waals surface area contributed by atoms with Crippen molar-refractivity contribution in [2.75, 3.05) is 18.0 Å². The summed E-state index contributed by atoms with van der Waals surface area (Å²) in [5, 5.41) is 9.03. The van der Waals surface area contributed by atoms with Crippen LogP contribution in [-0.4, -0.2) is 29.1 Å². The minimum Gasteiger partial charge on any atom is -0.478 e. The van der Waals surface area contributed by atoms with Gasteiger partial charge in [-0.05, 0) is 37.3 Å². The lowest BCUT2D eigenvalue weighted by Gasteiger charge is -2.21. The second kappa shape index (κ2) is 6.55. The molecule has 0 aliphatic carbocycles. The minimum absolute atomic E-state index is 0.319. The molecule has 1 aromatic heterocycles. The fraction of sp³-hybridized carbons (Fsp3) is 0.600. The van der Waals surface area contributed by atoms with Crippen molar-refractivity contribution in [1.29, 1.82) is 0 Å². The number of hydrogen-bond donors (Lipinski definition) is 1. The summed E-state index contributed by atoms with van der Waals surface area (Å²) in [6.45, 7) is 4.21. The lowest BCUT2D eigenvalue weighted by Crippen LogP contribution is -2.25. The summed E-state index contributed by atoms with van der Waals surface area (Å²) in [5.41, 5.74) is 0.319. The number of carboxylic acids is 1. The molecule has 1 aromatic rings. The SMILES string of the molecule is CCCC1CCCN(c2cc(C(=O)O)ccn2)CC1. The Hall–Kier alpha value is -1.58. The number of aromatic carboxylic acids is 1. The van der Waals surface area contributed by atoms with E-state index in [2.05, 4.69) is 16.8 Å². The predicted octanol–water partition coefficient (Wildman–Crippen LogP) is 3.19. The van der Waals surface area contributed by atoms with E-state index in [1.165, 1.54) is 32.1 Å². The van der Waals surface area contributed by atoms with Gasteiger partial charge in [0.25, 0.3) is 0 Å². The van der Waals surface area contributed by atoms with Crippen molar-refractivity contribution in [3.05, 3.63) is 23.9 Å². The molecule has 0 radical (unpaired) electrons. The van der Waals surface area contributed by atoms with Crippen LogP contribution in [0.3, 0.4) is 0 Å². The first-order chi connectivity index (χ1) is 9.20. The number of aromatic nitrogens is 1. The van der Waals surface area contributed by atoms with E-state index in [-0.39, 0.29) is 0 Å². The Morgan fingerprint density at radius 2 is 2.32 bits per heavy atom. The first-order valence-corrected chi connectivity index (χ1v) is 7.15. The van der Waals surface area contributed by atoms with Gasteiger partial charge in [0, 0.05) is 19.3 Å². The quantitative estimate of drug-likeness (QED) is 0.905. The van der Waals surface area contributed by atoms with E-state index < -0.39 is 5.97 Å². The van der Waals surface area contributed by atoms with Crippen molar-refractivity contribution in [3.63, 3.8) is 0 Å². The zero-order chi connectivity index (χ0) is 13.7. The fourth-order valence-corrected chi connectivity index (χ4v) is 2.82. The van der Waals surface area contributed by atoms with E-state index in [9.17, 15) is 4.79 Å². The molecule has 0 saturated carbocycles. The zero-order valence-corrected chi connectivity index (χ0v) is 11.5. The van der Waals surface area contributed by atoms with Gasteiger partial charge in [-0.15, -0.1) is 0 Å². The maximum atomic E-state index is 11.0. The van der Waals surface area contributed by atoms with Gasteiger partial charge in [0.2, 0.25) is 0 Å². The molecular formula is C15H22N2O2. The molecule has 19 heavy (non-hydrogen) atoms. The largest absolute Gasteiger partial charge is 0.478 e. The number of pyridine rings is 1. The molecule has 1 fully saturated rings. The lowest BCUT2D eigenvalue weighted by molar-refractivity contribution is 0.0697. The summed E-state index contributed by atoms with van der Waals surface area (Å²) in [4.78, 5) is 17.5. The summed E-state index contributed by atoms with van der Waals surface area (Å²) >= 11 is 0. The highest BCUT2D eigenvalue weighted by Gasteiger charge is 2.18. The van der Waals surface area contributed by atoms with Crippen LogP contribution in [0.2, 0.25) is 0 Å². The number of nitrogens with zero attached hydrogens (tertiary/aromatic N) is 2. The van der Waals surface area contributed by atoms with Crippen molar-refractivity contribution in [2.24, 2.45) is 5.92 Å². The Balaban J connectivity index is 2.05. The van der Waals surface area contributed by atoms with E-state index in [0.29, 0.717) is 5.56 Å². The van der Waals surface area contributed by atoms with Gasteiger partial charge < -0.3 is 10.0 Å². The number of carbonyl (C=O) groups is 1. The van der Waals surface area contributed by atoms with Crippen LogP contribution < -0.4 is 4.90 Å². The van der Waals surface area contributed by atoms with Gasteiger partial charge in [-0.25, -0.2) is 9.78 Å². The number of hydrogen-bond acceptors (Lipinski definition) is 3. The third kappa shape index (κ3) is 3.69. The van der Waals surface area contributed by atoms with Crippen molar-refractivity contribution in [3.8, 4) is 0 Å². The van der Waals surface area contributed by atoms with Gasteiger partial charge >= 0.3 is 5.97 Å². The molecule has 1 unspecified atom stereocenters. The van der Waals surface area contributed by atoms with E-state index in [1.54, 1.807) is 18.3 Å². The maximum absolute atomic E-state index is 11.0. The summed E-state index contributed by atoms with van der Waals surface area (Å²) in [7, 11) is 0. The molecular weight excluding hydrogens is 240 g/mol. The number of carboxylic acid groups (broad SMARTS) is 1. The standard InChI is InChI=1S/C15H22N2O2/c1-2-4-12-5-3-9-17(10-7-12)14-11-13(15(18)19)6-8-16-14/h6,8,11-12H,2-5,7,9-10H2,1H3,(H,18,19). The molecule has 0 bridgehead atoms. The summed E-state index contributed by atoms with van der Waals surface area (Å²) in [5.74, 6) is 0.733. The molecule has 1 saturated heterocycles. The highest BCUT2D eigenvalue weighted by molar-refractivity contribution is 5.88. The second-order valence-corrected chi connectivity index (χ2v) is 5.28. The molecule has 4 nitrogen and oxygen atoms in total. The van der Waals surface area contributed by atoms with E-state index >= 15 is 0 Å². The molecule has 1 N–H and O–H groups in total. The molecule has 0 spiro atoms. The second-order valence-electron chi connectivity index (χ2n) is 5.28. The predicted molar refractivity (Wildman–Crippen MR) is 75.7 cm³/mol. The van der Waals surface area contributed by atoms with Crippen molar-refractivity contribution in [2.45, 2.75) is 39.0 Å². The lowest BCUT2D eigenvalue weighted by atomic mass is 9.96. The smallest absolute Gasteiger partial charge is 0.335 e. The van der Waals surface area contributed by atoms with Crippen LogP contribution in [0.4, 0.5) is 5.82 Å². The van der Waals surface area contributed by atoms with Crippen LogP contribution in [0, 0.1) is 5.92 Å². The number of rotatable bonds is 4. The summed E-state index contributed by atoms with van der Waals surface area (Å²) in [6, 6.07) is 3.23. The highest BCUT2D eigenvalue weighted by Crippen LogP contribution is 2.24. The number of anilines is 1. The minimum atomic E-state index is -0.887. The van der Waals surface area contributed by atoms with Gasteiger partial charge in [0.05, 0.1) is 5.56 Å². The van der Waals surface area contributed by atoms with E-state index in [1.807, 2.05) is 0 Å². The maximum Gasteiger partial charge on any atom is 0.335 e. The first kappa shape index (κ1) is 13.8. The molecule has 104 valence electrons. The summed E-state index contributed by atoms with van der Waals surface area (Å²) < 4.78 is 0. The first-order valence-electron chi connectivity index (χ1n) is 7.15. The van der Waals surface area contributed by atoms with Gasteiger partial charge in [-0.3, -0.25) is 0 Å². The molecule has 1 atom stereocenters. The Morgan fingerprint density at radius 3 is 3.05 bits per heavy atom. The van der Waals surface area contributed by atoms with Crippen molar-refractivity contribution >= 4 is 11.8 Å². The van der Waals surface area contributed by atoms with Crippen LogP contribution in [0.1, 0.15) is 49.4 Å². The van der Waals surface area contributed by atoms with Gasteiger partial charge in [0.1, 0.15) is 5.82 Å². The molecule has 0 aromatic carbocycles. The average molecular weight is 262 g/mol. The Kier molecular flexibility index (Phi) is 4.77. The highest BCUT2D eigenvalue weighted by atomic mass is 16.4. The Labute approximate surface area is 114 Å². The van der Waals surface area contributed by atoms with Gasteiger partial charge in [-0.1, -0.05) is 19.8 Å². The monoisotopic (exact) mass is 262 g/mol. The normalized spacial score (nSPS) is 20.1. The Morgan fingerprint density at radius 1 is 1.47 bits per heavy atom. The molecule has 4 heteroatoms. The Bertz CT molecular complexity index is 434. The summed E-state index contributed by atoms with van der Waals surface area (Å²) in [6.07, 6.45) is 7.78. The van der Waals surface area contributed by atoms with Gasteiger partial charge in [0.15, 0.2) is 0 Å². The fourth-order valence-electron chi connectivity index (χ4n) is 2.82. The molecule has 1 aliphatic rings. The third-order valence-electron chi connectivity index (χ3n) is 3.86. The molecule has 2 rings (SSSR count).